The van der Waals surface area contributed by atoms with E-state index in [0.717, 1.165) is 16.8 Å². The highest BCUT2D eigenvalue weighted by Gasteiger charge is 2.16. The molecule has 132 valence electrons. The Bertz CT molecular complexity index is 754. The fraction of sp³-hybridized carbons (Fsp3) is 0.300. The van der Waals surface area contributed by atoms with Gasteiger partial charge < -0.3 is 10.2 Å². The molecule has 0 aromatic heterocycles. The Hall–Kier alpha value is -2.69. The first-order valence-electron chi connectivity index (χ1n) is 8.24. The third-order valence-corrected chi connectivity index (χ3v) is 4.06. The lowest BCUT2D eigenvalue weighted by Gasteiger charge is -2.25. The minimum Gasteiger partial charge on any atom is -0.354 e. The summed E-state index contributed by atoms with van der Waals surface area (Å²) in [4.78, 5) is 25.7. The van der Waals surface area contributed by atoms with Crippen LogP contribution in [-0.2, 0) is 16.0 Å². The van der Waals surface area contributed by atoms with Crippen molar-refractivity contribution in [3.63, 3.8) is 0 Å². The van der Waals surface area contributed by atoms with E-state index in [1.54, 1.807) is 23.1 Å². The number of para-hydroxylation sites is 1. The van der Waals surface area contributed by atoms with E-state index in [0.29, 0.717) is 18.7 Å². The fourth-order valence-electron chi connectivity index (χ4n) is 2.84. The van der Waals surface area contributed by atoms with E-state index < -0.39 is 5.82 Å². The number of aryl methyl sites for hydroxylation is 2. The Labute approximate surface area is 147 Å². The highest BCUT2D eigenvalue weighted by Crippen LogP contribution is 2.24. The highest BCUT2D eigenvalue weighted by molar-refractivity contribution is 5.93. The lowest BCUT2D eigenvalue weighted by atomic mass is 10.1. The van der Waals surface area contributed by atoms with Gasteiger partial charge in [0.15, 0.2) is 0 Å². The number of hydrogen-bond donors (Lipinski definition) is 1. The molecule has 2 amide bonds. The summed E-state index contributed by atoms with van der Waals surface area (Å²) in [5, 5.41) is 2.75. The Balaban J connectivity index is 1.97. The Morgan fingerprint density at radius 3 is 2.28 bits per heavy atom. The molecule has 1 N–H and O–H groups in total. The van der Waals surface area contributed by atoms with Crippen molar-refractivity contribution in [3.05, 3.63) is 65.0 Å². The molecule has 0 aliphatic heterocycles. The second-order valence-corrected chi connectivity index (χ2v) is 6.03. The van der Waals surface area contributed by atoms with Crippen molar-refractivity contribution in [3.8, 4) is 0 Å². The number of carbonyl (C=O) groups excluding carboxylic acids is 2. The summed E-state index contributed by atoms with van der Waals surface area (Å²) >= 11 is 0. The lowest BCUT2D eigenvalue weighted by molar-refractivity contribution is -0.121. The number of halogens is 1. The first-order chi connectivity index (χ1) is 11.9. The van der Waals surface area contributed by atoms with Crippen LogP contribution in [-0.4, -0.2) is 24.9 Å². The van der Waals surface area contributed by atoms with Crippen LogP contribution in [0.15, 0.2) is 42.5 Å². The second kappa shape index (κ2) is 8.42. The molecule has 0 bridgehead atoms. The number of hydrogen-bond acceptors (Lipinski definition) is 2. The Kier molecular flexibility index (Phi) is 6.28. The molecule has 2 aromatic rings. The number of carbonyl (C=O) groups is 2. The molecule has 2 rings (SSSR count). The van der Waals surface area contributed by atoms with Gasteiger partial charge in [0, 0.05) is 25.7 Å². The van der Waals surface area contributed by atoms with E-state index in [4.69, 9.17) is 0 Å². The van der Waals surface area contributed by atoms with Crippen LogP contribution < -0.4 is 10.2 Å². The minimum atomic E-state index is -0.390. The largest absolute Gasteiger partial charge is 0.354 e. The third kappa shape index (κ3) is 4.89. The van der Waals surface area contributed by atoms with Crippen molar-refractivity contribution in [2.75, 3.05) is 18.0 Å². The van der Waals surface area contributed by atoms with Crippen LogP contribution in [0.5, 0.6) is 0 Å². The zero-order valence-corrected chi connectivity index (χ0v) is 14.8. The van der Waals surface area contributed by atoms with Crippen LogP contribution in [0.1, 0.15) is 23.6 Å². The number of nitrogens with zero attached hydrogens (tertiary/aromatic N) is 1. The van der Waals surface area contributed by atoms with E-state index in [1.807, 2.05) is 32.0 Å². The number of anilines is 1. The van der Waals surface area contributed by atoms with Gasteiger partial charge in [-0.25, -0.2) is 4.39 Å². The maximum atomic E-state index is 13.6. The van der Waals surface area contributed by atoms with Gasteiger partial charge in [0.25, 0.3) is 0 Å². The third-order valence-electron chi connectivity index (χ3n) is 4.06. The van der Waals surface area contributed by atoms with E-state index in [-0.39, 0.29) is 18.2 Å². The second-order valence-electron chi connectivity index (χ2n) is 6.03. The van der Waals surface area contributed by atoms with Gasteiger partial charge in [-0.2, -0.15) is 0 Å². The van der Waals surface area contributed by atoms with Crippen LogP contribution >= 0.6 is 0 Å². The summed E-state index contributed by atoms with van der Waals surface area (Å²) in [6.07, 6.45) is -0.0177. The number of benzene rings is 2. The molecule has 4 nitrogen and oxygen atoms in total. The van der Waals surface area contributed by atoms with Gasteiger partial charge in [-0.05, 0) is 36.6 Å². The summed E-state index contributed by atoms with van der Waals surface area (Å²) < 4.78 is 13.6. The summed E-state index contributed by atoms with van der Waals surface area (Å²) in [6.45, 7) is 6.09. The van der Waals surface area contributed by atoms with Gasteiger partial charge in [-0.1, -0.05) is 36.4 Å². The summed E-state index contributed by atoms with van der Waals surface area (Å²) in [5.41, 5.74) is 3.25. The standard InChI is InChI=1S/C20H23FN2O2/c1-14-7-6-8-15(2)20(14)23(16(3)24)12-11-22-19(25)13-17-9-4-5-10-18(17)21/h4-10H,11-13H2,1-3H3,(H,22,25). The van der Waals surface area contributed by atoms with Crippen LogP contribution in [0.3, 0.4) is 0 Å². The Morgan fingerprint density at radius 1 is 1.04 bits per heavy atom. The van der Waals surface area contributed by atoms with Crippen LogP contribution in [0.2, 0.25) is 0 Å². The molecular formula is C20H23FN2O2. The van der Waals surface area contributed by atoms with Crippen LogP contribution in [0, 0.1) is 19.7 Å². The maximum Gasteiger partial charge on any atom is 0.224 e. The first kappa shape index (κ1) is 18.6. The van der Waals surface area contributed by atoms with Crippen molar-refractivity contribution in [2.24, 2.45) is 0 Å². The van der Waals surface area contributed by atoms with Crippen LogP contribution in [0.25, 0.3) is 0 Å². The average molecular weight is 342 g/mol. The van der Waals surface area contributed by atoms with Crippen molar-refractivity contribution >= 4 is 17.5 Å². The SMILES string of the molecule is CC(=O)N(CCNC(=O)Cc1ccccc1F)c1c(C)cccc1C. The summed E-state index contributed by atoms with van der Waals surface area (Å²) in [6, 6.07) is 12.1. The van der Waals surface area contributed by atoms with E-state index in [9.17, 15) is 14.0 Å². The molecule has 25 heavy (non-hydrogen) atoms. The molecule has 2 aromatic carbocycles. The predicted molar refractivity (Wildman–Crippen MR) is 97.1 cm³/mol. The molecule has 0 heterocycles. The molecule has 0 aliphatic rings. The van der Waals surface area contributed by atoms with Gasteiger partial charge in [0.05, 0.1) is 6.42 Å². The van der Waals surface area contributed by atoms with Gasteiger partial charge in [-0.15, -0.1) is 0 Å². The highest BCUT2D eigenvalue weighted by atomic mass is 19.1. The molecule has 0 unspecified atom stereocenters. The Morgan fingerprint density at radius 2 is 1.68 bits per heavy atom. The molecule has 0 saturated heterocycles. The van der Waals surface area contributed by atoms with E-state index in [1.165, 1.54) is 13.0 Å². The fourth-order valence-corrected chi connectivity index (χ4v) is 2.84. The molecule has 0 fully saturated rings. The number of amides is 2. The zero-order valence-electron chi connectivity index (χ0n) is 14.8. The number of rotatable bonds is 6. The smallest absolute Gasteiger partial charge is 0.224 e. The average Bonchev–Trinajstić information content (AvgIpc) is 2.55. The van der Waals surface area contributed by atoms with Crippen LogP contribution in [0.4, 0.5) is 10.1 Å². The van der Waals surface area contributed by atoms with Crippen molar-refractivity contribution in [1.82, 2.24) is 5.32 Å². The monoisotopic (exact) mass is 342 g/mol. The zero-order chi connectivity index (χ0) is 18.4. The summed E-state index contributed by atoms with van der Waals surface area (Å²) in [5.74, 6) is -0.741. The molecular weight excluding hydrogens is 319 g/mol. The summed E-state index contributed by atoms with van der Waals surface area (Å²) in [7, 11) is 0. The molecule has 0 aliphatic carbocycles. The predicted octanol–water partition coefficient (Wildman–Crippen LogP) is 3.15. The van der Waals surface area contributed by atoms with Gasteiger partial charge in [0.1, 0.15) is 5.82 Å². The van der Waals surface area contributed by atoms with Crippen molar-refractivity contribution < 1.29 is 14.0 Å². The normalized spacial score (nSPS) is 10.4. The molecule has 0 atom stereocenters. The van der Waals surface area contributed by atoms with Gasteiger partial charge >= 0.3 is 0 Å². The topological polar surface area (TPSA) is 49.4 Å². The molecule has 5 heteroatoms. The lowest BCUT2D eigenvalue weighted by Crippen LogP contribution is -2.38. The minimum absolute atomic E-state index is 0.0177. The van der Waals surface area contributed by atoms with E-state index >= 15 is 0 Å². The van der Waals surface area contributed by atoms with Crippen molar-refractivity contribution in [2.45, 2.75) is 27.2 Å². The van der Waals surface area contributed by atoms with E-state index in [2.05, 4.69) is 5.32 Å². The van der Waals surface area contributed by atoms with Gasteiger partial charge in [-0.3, -0.25) is 9.59 Å². The molecule has 0 saturated carbocycles. The molecule has 0 radical (unpaired) electrons. The molecule has 0 spiro atoms. The van der Waals surface area contributed by atoms with Crippen molar-refractivity contribution in [1.29, 1.82) is 0 Å². The maximum absolute atomic E-state index is 13.6. The number of nitrogens with one attached hydrogen (secondary N) is 1. The quantitative estimate of drug-likeness (QED) is 0.877. The first-order valence-corrected chi connectivity index (χ1v) is 8.24. The van der Waals surface area contributed by atoms with Gasteiger partial charge in [0.2, 0.25) is 11.8 Å².